The van der Waals surface area contributed by atoms with Crippen molar-refractivity contribution in [1.29, 1.82) is 0 Å². The molecule has 1 aliphatic rings. The van der Waals surface area contributed by atoms with Crippen LogP contribution in [0.1, 0.15) is 31.9 Å². The predicted molar refractivity (Wildman–Crippen MR) is 64.9 cm³/mol. The van der Waals surface area contributed by atoms with Crippen LogP contribution in [0.5, 0.6) is 5.75 Å². The Bertz CT molecular complexity index is 359. The zero-order chi connectivity index (χ0) is 11.8. The maximum atomic E-state index is 5.66. The molecule has 2 atom stereocenters. The van der Waals surface area contributed by atoms with Crippen molar-refractivity contribution in [2.45, 2.75) is 26.3 Å². The van der Waals surface area contributed by atoms with E-state index in [0.717, 1.165) is 5.75 Å². The number of benzene rings is 1. The van der Waals surface area contributed by atoms with Gasteiger partial charge in [0.1, 0.15) is 5.75 Å². The second kappa shape index (κ2) is 4.07. The van der Waals surface area contributed by atoms with E-state index in [1.54, 1.807) is 7.11 Å². The van der Waals surface area contributed by atoms with Crippen LogP contribution in [0.25, 0.3) is 0 Å². The van der Waals surface area contributed by atoms with Gasteiger partial charge in [-0.3, -0.25) is 11.3 Å². The van der Waals surface area contributed by atoms with Gasteiger partial charge in [0.2, 0.25) is 0 Å². The van der Waals surface area contributed by atoms with Crippen LogP contribution < -0.4 is 16.0 Å². The third kappa shape index (κ3) is 2.06. The highest BCUT2D eigenvalue weighted by molar-refractivity contribution is 5.30. The van der Waals surface area contributed by atoms with Gasteiger partial charge in [-0.15, -0.1) is 0 Å². The van der Waals surface area contributed by atoms with E-state index >= 15 is 0 Å². The lowest BCUT2D eigenvalue weighted by Gasteiger charge is -2.18. The van der Waals surface area contributed by atoms with Crippen LogP contribution in [0.3, 0.4) is 0 Å². The molecule has 3 heteroatoms. The molecule has 0 bridgehead atoms. The van der Waals surface area contributed by atoms with Crippen LogP contribution in [0, 0.1) is 11.3 Å². The smallest absolute Gasteiger partial charge is 0.118 e. The summed E-state index contributed by atoms with van der Waals surface area (Å²) in [7, 11) is 1.68. The summed E-state index contributed by atoms with van der Waals surface area (Å²) < 4.78 is 5.15. The van der Waals surface area contributed by atoms with Crippen molar-refractivity contribution in [3.8, 4) is 5.75 Å². The van der Waals surface area contributed by atoms with Crippen molar-refractivity contribution in [2.24, 2.45) is 17.2 Å². The van der Waals surface area contributed by atoms with E-state index in [1.165, 1.54) is 12.0 Å². The zero-order valence-electron chi connectivity index (χ0n) is 10.2. The van der Waals surface area contributed by atoms with E-state index < -0.39 is 0 Å². The van der Waals surface area contributed by atoms with Gasteiger partial charge in [-0.05, 0) is 35.4 Å². The summed E-state index contributed by atoms with van der Waals surface area (Å²) in [4.78, 5) is 0. The van der Waals surface area contributed by atoms with Crippen LogP contribution in [0.4, 0.5) is 0 Å². The summed E-state index contributed by atoms with van der Waals surface area (Å²) in [6, 6.07) is 8.38. The van der Waals surface area contributed by atoms with E-state index in [1.807, 2.05) is 12.1 Å². The molecule has 0 heterocycles. The average Bonchev–Trinajstić information content (AvgIpc) is 2.90. The van der Waals surface area contributed by atoms with Crippen LogP contribution >= 0.6 is 0 Å². The Morgan fingerprint density at radius 3 is 2.31 bits per heavy atom. The third-order valence-electron chi connectivity index (χ3n) is 3.65. The molecule has 1 aromatic carbocycles. The first kappa shape index (κ1) is 11.4. The van der Waals surface area contributed by atoms with Gasteiger partial charge in [-0.2, -0.15) is 0 Å². The van der Waals surface area contributed by atoms with Crippen LogP contribution in [-0.2, 0) is 0 Å². The van der Waals surface area contributed by atoms with Gasteiger partial charge in [-0.1, -0.05) is 26.0 Å². The Labute approximate surface area is 97.0 Å². The molecular weight excluding hydrogens is 200 g/mol. The molecule has 0 amide bonds. The van der Waals surface area contributed by atoms with Crippen molar-refractivity contribution in [3.63, 3.8) is 0 Å². The molecule has 0 radical (unpaired) electrons. The normalized spacial score (nSPS) is 23.9. The molecule has 88 valence electrons. The minimum Gasteiger partial charge on any atom is -0.497 e. The van der Waals surface area contributed by atoms with Crippen molar-refractivity contribution < 1.29 is 4.74 Å². The molecule has 3 nitrogen and oxygen atoms in total. The molecule has 2 unspecified atom stereocenters. The standard InChI is InChI=1S/C13H20N2O/c1-13(2)8-11(13)12(15-14)9-4-6-10(16-3)7-5-9/h4-7,11-12,15H,8,14H2,1-3H3. The van der Waals surface area contributed by atoms with Crippen LogP contribution in [-0.4, -0.2) is 7.11 Å². The predicted octanol–water partition coefficient (Wildman–Crippen LogP) is 2.25. The van der Waals surface area contributed by atoms with Gasteiger partial charge in [0.05, 0.1) is 7.11 Å². The summed E-state index contributed by atoms with van der Waals surface area (Å²) in [5.41, 5.74) is 4.58. The highest BCUT2D eigenvalue weighted by Crippen LogP contribution is 2.57. The molecule has 16 heavy (non-hydrogen) atoms. The molecule has 3 N–H and O–H groups in total. The largest absolute Gasteiger partial charge is 0.497 e. The summed E-state index contributed by atoms with van der Waals surface area (Å²) >= 11 is 0. The summed E-state index contributed by atoms with van der Waals surface area (Å²) in [5, 5.41) is 0. The van der Waals surface area contributed by atoms with Crippen molar-refractivity contribution in [2.75, 3.05) is 7.11 Å². The Morgan fingerprint density at radius 2 is 1.94 bits per heavy atom. The van der Waals surface area contributed by atoms with Gasteiger partial charge < -0.3 is 4.74 Å². The monoisotopic (exact) mass is 220 g/mol. The quantitative estimate of drug-likeness (QED) is 0.604. The molecular formula is C13H20N2O. The van der Waals surface area contributed by atoms with Crippen molar-refractivity contribution in [3.05, 3.63) is 29.8 Å². The minimum absolute atomic E-state index is 0.251. The lowest BCUT2D eigenvalue weighted by atomic mass is 9.97. The molecule has 0 saturated heterocycles. The molecule has 0 spiro atoms. The van der Waals surface area contributed by atoms with Crippen LogP contribution in [0.2, 0.25) is 0 Å². The lowest BCUT2D eigenvalue weighted by Crippen LogP contribution is -2.30. The molecule has 1 aromatic rings. The summed E-state index contributed by atoms with van der Waals surface area (Å²) in [5.74, 6) is 7.17. The lowest BCUT2D eigenvalue weighted by molar-refractivity contribution is 0.410. The van der Waals surface area contributed by atoms with Crippen LogP contribution in [0.15, 0.2) is 24.3 Å². The summed E-state index contributed by atoms with van der Waals surface area (Å²) in [6.45, 7) is 4.57. The fourth-order valence-corrected chi connectivity index (χ4v) is 2.33. The number of hydrogen-bond donors (Lipinski definition) is 2. The highest BCUT2D eigenvalue weighted by atomic mass is 16.5. The molecule has 1 aliphatic carbocycles. The topological polar surface area (TPSA) is 47.3 Å². The Balaban J connectivity index is 2.15. The second-order valence-electron chi connectivity index (χ2n) is 5.22. The molecule has 1 saturated carbocycles. The van der Waals surface area contributed by atoms with Gasteiger partial charge in [0, 0.05) is 6.04 Å². The molecule has 0 aromatic heterocycles. The fourth-order valence-electron chi connectivity index (χ4n) is 2.33. The van der Waals surface area contributed by atoms with E-state index in [-0.39, 0.29) is 6.04 Å². The summed E-state index contributed by atoms with van der Waals surface area (Å²) in [6.07, 6.45) is 1.23. The van der Waals surface area contributed by atoms with E-state index in [4.69, 9.17) is 10.6 Å². The number of nitrogens with two attached hydrogens (primary N) is 1. The number of methoxy groups -OCH3 is 1. The van der Waals surface area contributed by atoms with Crippen molar-refractivity contribution >= 4 is 0 Å². The number of ether oxygens (including phenoxy) is 1. The maximum absolute atomic E-state index is 5.66. The molecule has 1 fully saturated rings. The third-order valence-corrected chi connectivity index (χ3v) is 3.65. The van der Waals surface area contributed by atoms with Gasteiger partial charge in [0.15, 0.2) is 0 Å². The fraction of sp³-hybridized carbons (Fsp3) is 0.538. The zero-order valence-corrected chi connectivity index (χ0v) is 10.2. The minimum atomic E-state index is 0.251. The van der Waals surface area contributed by atoms with E-state index in [2.05, 4.69) is 31.4 Å². The van der Waals surface area contributed by atoms with E-state index in [9.17, 15) is 0 Å². The number of hydrogen-bond acceptors (Lipinski definition) is 3. The second-order valence-corrected chi connectivity index (χ2v) is 5.22. The SMILES string of the molecule is COc1ccc(C(NN)C2CC2(C)C)cc1. The average molecular weight is 220 g/mol. The number of rotatable bonds is 4. The highest BCUT2D eigenvalue weighted by Gasteiger charge is 2.50. The molecule has 2 rings (SSSR count). The number of nitrogens with one attached hydrogen (secondary N) is 1. The van der Waals surface area contributed by atoms with Gasteiger partial charge in [0.25, 0.3) is 0 Å². The Hall–Kier alpha value is -1.06. The first-order valence-corrected chi connectivity index (χ1v) is 5.68. The van der Waals surface area contributed by atoms with Gasteiger partial charge >= 0.3 is 0 Å². The Kier molecular flexibility index (Phi) is 2.91. The maximum Gasteiger partial charge on any atom is 0.118 e. The van der Waals surface area contributed by atoms with Crippen molar-refractivity contribution in [1.82, 2.24) is 5.43 Å². The van der Waals surface area contributed by atoms with Gasteiger partial charge in [-0.25, -0.2) is 0 Å². The first-order chi connectivity index (χ1) is 7.58. The first-order valence-electron chi connectivity index (χ1n) is 5.68. The Morgan fingerprint density at radius 1 is 1.38 bits per heavy atom. The van der Waals surface area contributed by atoms with E-state index in [0.29, 0.717) is 11.3 Å². The number of hydrazine groups is 1. The molecule has 0 aliphatic heterocycles.